The van der Waals surface area contributed by atoms with E-state index in [1.54, 1.807) is 6.07 Å². The second kappa shape index (κ2) is 6.60. The zero-order valence-corrected chi connectivity index (χ0v) is 17.0. The van der Waals surface area contributed by atoms with Crippen molar-refractivity contribution in [3.8, 4) is 11.5 Å². The van der Waals surface area contributed by atoms with Crippen LogP contribution in [-0.2, 0) is 0 Å². The molecule has 0 aliphatic carbocycles. The Labute approximate surface area is 171 Å². The van der Waals surface area contributed by atoms with E-state index in [0.717, 1.165) is 42.5 Å². The lowest BCUT2D eigenvalue weighted by Gasteiger charge is -2.29. The van der Waals surface area contributed by atoms with Crippen molar-refractivity contribution in [1.29, 1.82) is 0 Å². The van der Waals surface area contributed by atoms with Crippen molar-refractivity contribution in [2.45, 2.75) is 25.8 Å². The summed E-state index contributed by atoms with van der Waals surface area (Å²) in [5.74, 6) is 0.870. The molecule has 8 nitrogen and oxygen atoms in total. The van der Waals surface area contributed by atoms with Gasteiger partial charge in [0.2, 0.25) is 0 Å². The molecule has 3 aromatic heterocycles. The smallest absolute Gasteiger partial charge is 0.292 e. The van der Waals surface area contributed by atoms with Crippen LogP contribution in [0.15, 0.2) is 27.4 Å². The number of aromatic nitrogens is 4. The van der Waals surface area contributed by atoms with E-state index in [4.69, 9.17) is 21.8 Å². The number of H-pyrrole nitrogens is 1. The Bertz CT molecular complexity index is 1300. The fraction of sp³-hybridized carbons (Fsp3) is 0.350. The summed E-state index contributed by atoms with van der Waals surface area (Å²) in [6.45, 7) is 3.89. The first-order chi connectivity index (χ1) is 13.9. The van der Waals surface area contributed by atoms with E-state index in [1.165, 1.54) is 0 Å². The average Bonchev–Trinajstić information content (AvgIpc) is 3.25. The van der Waals surface area contributed by atoms with Gasteiger partial charge in [-0.1, -0.05) is 11.6 Å². The summed E-state index contributed by atoms with van der Waals surface area (Å²) in [4.78, 5) is 14.7. The number of fused-ring (bicyclic) bond motifs is 2. The largest absolute Gasteiger partial charge is 0.454 e. The van der Waals surface area contributed by atoms with Crippen molar-refractivity contribution in [2.24, 2.45) is 0 Å². The van der Waals surface area contributed by atoms with Crippen molar-refractivity contribution in [3.63, 3.8) is 0 Å². The van der Waals surface area contributed by atoms with Gasteiger partial charge in [0.1, 0.15) is 11.3 Å². The molecule has 0 amide bonds. The molecule has 4 heterocycles. The summed E-state index contributed by atoms with van der Waals surface area (Å²) in [5.41, 5.74) is 8.47. The number of aryl methyl sites for hydroxylation is 1. The highest BCUT2D eigenvalue weighted by Gasteiger charge is 2.29. The van der Waals surface area contributed by atoms with Gasteiger partial charge in [-0.2, -0.15) is 10.2 Å². The molecule has 9 heteroatoms. The van der Waals surface area contributed by atoms with Gasteiger partial charge in [0.05, 0.1) is 11.4 Å². The van der Waals surface area contributed by atoms with Crippen molar-refractivity contribution in [3.05, 3.63) is 39.1 Å². The number of likely N-dealkylation sites (tertiary alicyclic amines) is 1. The van der Waals surface area contributed by atoms with Crippen molar-refractivity contribution in [2.75, 3.05) is 25.9 Å². The average molecular weight is 413 g/mol. The highest BCUT2D eigenvalue weighted by Crippen LogP contribution is 2.40. The normalized spacial score (nSPS) is 16.2. The minimum atomic E-state index is -0.362. The maximum atomic E-state index is 12.5. The molecule has 0 atom stereocenters. The maximum absolute atomic E-state index is 12.5. The van der Waals surface area contributed by atoms with Crippen molar-refractivity contribution in [1.82, 2.24) is 24.9 Å². The van der Waals surface area contributed by atoms with Gasteiger partial charge in [-0.25, -0.2) is 5.10 Å². The zero-order valence-electron chi connectivity index (χ0n) is 16.2. The number of halogens is 1. The van der Waals surface area contributed by atoms with E-state index in [2.05, 4.69) is 27.2 Å². The van der Waals surface area contributed by atoms with E-state index in [9.17, 15) is 4.79 Å². The number of anilines is 1. The molecular weight excluding hydrogens is 392 g/mol. The molecule has 0 saturated carbocycles. The van der Waals surface area contributed by atoms with Gasteiger partial charge >= 0.3 is 0 Å². The van der Waals surface area contributed by atoms with Gasteiger partial charge in [-0.3, -0.25) is 9.48 Å². The van der Waals surface area contributed by atoms with Crippen LogP contribution in [0.3, 0.4) is 0 Å². The lowest BCUT2D eigenvalue weighted by Crippen LogP contribution is -2.32. The number of rotatable bonds is 2. The Morgan fingerprint density at radius 2 is 2.07 bits per heavy atom. The quantitative estimate of drug-likeness (QED) is 0.523. The summed E-state index contributed by atoms with van der Waals surface area (Å²) >= 11 is 6.19. The molecular formula is C20H21ClN6O2. The number of aromatic amines is 1. The fourth-order valence-corrected chi connectivity index (χ4v) is 4.37. The van der Waals surface area contributed by atoms with Gasteiger partial charge < -0.3 is 15.1 Å². The minimum absolute atomic E-state index is 0.142. The van der Waals surface area contributed by atoms with E-state index in [-0.39, 0.29) is 22.9 Å². The van der Waals surface area contributed by atoms with Crippen molar-refractivity contribution >= 4 is 39.3 Å². The first kappa shape index (κ1) is 18.2. The van der Waals surface area contributed by atoms with Gasteiger partial charge in [-0.05, 0) is 58.1 Å². The van der Waals surface area contributed by atoms with Crippen LogP contribution in [0.1, 0.15) is 24.4 Å². The van der Waals surface area contributed by atoms with Crippen molar-refractivity contribution < 1.29 is 4.42 Å². The lowest BCUT2D eigenvalue weighted by molar-refractivity contribution is 0.213. The molecule has 0 radical (unpaired) electrons. The molecule has 0 spiro atoms. The summed E-state index contributed by atoms with van der Waals surface area (Å²) in [5, 5.41) is 13.2. The number of furan rings is 1. The molecule has 1 fully saturated rings. The number of hydrogen-bond donors (Lipinski definition) is 2. The molecule has 0 bridgehead atoms. The van der Waals surface area contributed by atoms with E-state index in [0.29, 0.717) is 21.9 Å². The zero-order chi connectivity index (χ0) is 20.3. The van der Waals surface area contributed by atoms with Crippen LogP contribution in [-0.4, -0.2) is 45.0 Å². The number of piperidine rings is 1. The van der Waals surface area contributed by atoms with Crippen LogP contribution in [0, 0.1) is 6.92 Å². The summed E-state index contributed by atoms with van der Waals surface area (Å²) < 4.78 is 8.14. The summed E-state index contributed by atoms with van der Waals surface area (Å²) in [6, 6.07) is 5.67. The Morgan fingerprint density at radius 3 is 2.83 bits per heavy atom. The first-order valence-electron chi connectivity index (χ1n) is 9.58. The van der Waals surface area contributed by atoms with Gasteiger partial charge in [0.15, 0.2) is 17.1 Å². The fourth-order valence-electron chi connectivity index (χ4n) is 4.20. The van der Waals surface area contributed by atoms with Gasteiger partial charge in [-0.15, -0.1) is 0 Å². The molecule has 3 N–H and O–H groups in total. The standard InChI is InChI=1S/C20H21ClN6O2/c1-10-13-9-11(21)3-4-14(13)29-18(10)17-15-16(20(28)24-23-19(15)22)25-27(17)12-5-7-26(2)8-6-12/h3-4,9,12H,5-8H2,1-2H3,(H2,22,23)(H,24,28). The van der Waals surface area contributed by atoms with Crippen LogP contribution >= 0.6 is 11.6 Å². The third-order valence-electron chi connectivity index (χ3n) is 5.81. The molecule has 1 aliphatic heterocycles. The van der Waals surface area contributed by atoms with Crippen LogP contribution in [0.5, 0.6) is 0 Å². The van der Waals surface area contributed by atoms with E-state index >= 15 is 0 Å². The Morgan fingerprint density at radius 1 is 1.31 bits per heavy atom. The number of nitrogen functional groups attached to an aromatic ring is 1. The van der Waals surface area contributed by atoms with Crippen LogP contribution in [0.4, 0.5) is 5.82 Å². The topological polar surface area (TPSA) is 106 Å². The minimum Gasteiger partial charge on any atom is -0.454 e. The number of hydrogen-bond acceptors (Lipinski definition) is 6. The number of benzene rings is 1. The number of nitrogens with one attached hydrogen (secondary N) is 1. The summed E-state index contributed by atoms with van der Waals surface area (Å²) in [7, 11) is 2.11. The van der Waals surface area contributed by atoms with Gasteiger partial charge in [0, 0.05) is 16.0 Å². The predicted molar refractivity (Wildman–Crippen MR) is 113 cm³/mol. The molecule has 1 aliphatic rings. The maximum Gasteiger partial charge on any atom is 0.292 e. The van der Waals surface area contributed by atoms with Gasteiger partial charge in [0.25, 0.3) is 5.56 Å². The first-order valence-corrected chi connectivity index (χ1v) is 9.95. The second-order valence-electron chi connectivity index (χ2n) is 7.69. The number of nitrogens with two attached hydrogens (primary N) is 1. The molecule has 29 heavy (non-hydrogen) atoms. The molecule has 4 aromatic rings. The van der Waals surface area contributed by atoms with Crippen LogP contribution < -0.4 is 11.3 Å². The molecule has 1 aromatic carbocycles. The van der Waals surface area contributed by atoms with E-state index in [1.807, 2.05) is 23.7 Å². The third kappa shape index (κ3) is 2.82. The SMILES string of the molecule is Cc1c(-c2c3c(N)n[nH]c(=O)c3nn2C2CCN(C)CC2)oc2ccc(Cl)cc12. The Kier molecular flexibility index (Phi) is 4.15. The van der Waals surface area contributed by atoms with Crippen LogP contribution in [0.25, 0.3) is 33.3 Å². The molecule has 0 unspecified atom stereocenters. The predicted octanol–water partition coefficient (Wildman–Crippen LogP) is 3.34. The molecule has 150 valence electrons. The number of nitrogens with zero attached hydrogens (tertiary/aromatic N) is 4. The highest BCUT2D eigenvalue weighted by molar-refractivity contribution is 6.31. The Balaban J connectivity index is 1.82. The third-order valence-corrected chi connectivity index (χ3v) is 6.04. The monoisotopic (exact) mass is 412 g/mol. The second-order valence-corrected chi connectivity index (χ2v) is 8.12. The van der Waals surface area contributed by atoms with Crippen LogP contribution in [0.2, 0.25) is 5.02 Å². The molecule has 5 rings (SSSR count). The highest BCUT2D eigenvalue weighted by atomic mass is 35.5. The Hall–Kier alpha value is -2.84. The lowest BCUT2D eigenvalue weighted by atomic mass is 10.0. The molecule has 1 saturated heterocycles. The van der Waals surface area contributed by atoms with E-state index < -0.39 is 0 Å². The summed E-state index contributed by atoms with van der Waals surface area (Å²) in [6.07, 6.45) is 1.85.